The SMILES string of the molecule is COc1ccc2c(c1)[C@@H](CC(=O)O)CC2=O. The van der Waals surface area contributed by atoms with E-state index in [1.165, 1.54) is 0 Å². The lowest BCUT2D eigenvalue weighted by Gasteiger charge is -2.08. The summed E-state index contributed by atoms with van der Waals surface area (Å²) in [6, 6.07) is 5.19. The van der Waals surface area contributed by atoms with E-state index in [-0.39, 0.29) is 24.5 Å². The number of fused-ring (bicyclic) bond motifs is 1. The van der Waals surface area contributed by atoms with Crippen molar-refractivity contribution >= 4 is 11.8 Å². The highest BCUT2D eigenvalue weighted by Gasteiger charge is 2.30. The molecule has 1 aliphatic rings. The number of Topliss-reactive ketones (excluding diaryl/α,β-unsaturated/α-hetero) is 1. The van der Waals surface area contributed by atoms with Gasteiger partial charge in [0.05, 0.1) is 13.5 Å². The number of aliphatic carboxylic acids is 1. The highest BCUT2D eigenvalue weighted by Crippen LogP contribution is 2.37. The predicted molar refractivity (Wildman–Crippen MR) is 56.9 cm³/mol. The Morgan fingerprint density at radius 3 is 2.94 bits per heavy atom. The molecule has 0 radical (unpaired) electrons. The molecule has 1 aromatic rings. The number of carbonyl (C=O) groups excluding carboxylic acids is 1. The second kappa shape index (κ2) is 3.96. The summed E-state index contributed by atoms with van der Waals surface area (Å²) in [6.45, 7) is 0. The molecule has 16 heavy (non-hydrogen) atoms. The van der Waals surface area contributed by atoms with Crippen molar-refractivity contribution in [3.05, 3.63) is 29.3 Å². The van der Waals surface area contributed by atoms with Gasteiger partial charge in [0.15, 0.2) is 5.78 Å². The molecular weight excluding hydrogens is 208 g/mol. The minimum atomic E-state index is -0.881. The first kappa shape index (κ1) is 10.7. The molecule has 0 unspecified atom stereocenters. The maximum Gasteiger partial charge on any atom is 0.303 e. The average molecular weight is 220 g/mol. The van der Waals surface area contributed by atoms with Crippen LogP contribution in [0.5, 0.6) is 5.75 Å². The van der Waals surface area contributed by atoms with Crippen LogP contribution in [0, 0.1) is 0 Å². The minimum Gasteiger partial charge on any atom is -0.497 e. The van der Waals surface area contributed by atoms with Crippen molar-refractivity contribution in [1.82, 2.24) is 0 Å². The molecule has 2 rings (SSSR count). The summed E-state index contributed by atoms with van der Waals surface area (Å²) in [5.41, 5.74) is 1.43. The Labute approximate surface area is 92.8 Å². The first-order valence-electron chi connectivity index (χ1n) is 5.04. The van der Waals surface area contributed by atoms with E-state index >= 15 is 0 Å². The summed E-state index contributed by atoms with van der Waals surface area (Å²) in [5, 5.41) is 8.77. The maximum absolute atomic E-state index is 11.6. The van der Waals surface area contributed by atoms with Crippen LogP contribution in [0.3, 0.4) is 0 Å². The number of methoxy groups -OCH3 is 1. The van der Waals surface area contributed by atoms with Gasteiger partial charge in [-0.15, -0.1) is 0 Å². The zero-order valence-corrected chi connectivity index (χ0v) is 8.90. The van der Waals surface area contributed by atoms with Crippen molar-refractivity contribution in [1.29, 1.82) is 0 Å². The first-order chi connectivity index (χ1) is 7.61. The standard InChI is InChI=1S/C12H12O4/c1-16-8-2-3-9-10(6-8)7(4-11(9)13)5-12(14)15/h2-3,6-7H,4-5H2,1H3,(H,14,15)/t7-/m1/s1. The Morgan fingerprint density at radius 2 is 2.31 bits per heavy atom. The molecular formula is C12H12O4. The molecule has 1 atom stereocenters. The van der Waals surface area contributed by atoms with Crippen LogP contribution in [0.2, 0.25) is 0 Å². The number of ketones is 1. The van der Waals surface area contributed by atoms with Crippen LogP contribution in [0.1, 0.15) is 34.7 Å². The van der Waals surface area contributed by atoms with Crippen molar-refractivity contribution in [2.45, 2.75) is 18.8 Å². The molecule has 0 bridgehead atoms. The number of carbonyl (C=O) groups is 2. The van der Waals surface area contributed by atoms with Crippen LogP contribution in [0.25, 0.3) is 0 Å². The number of carboxylic acid groups (broad SMARTS) is 1. The number of benzene rings is 1. The van der Waals surface area contributed by atoms with Gasteiger partial charge in [0.1, 0.15) is 5.75 Å². The molecule has 0 amide bonds. The van der Waals surface area contributed by atoms with Gasteiger partial charge in [-0.05, 0) is 23.8 Å². The number of rotatable bonds is 3. The van der Waals surface area contributed by atoms with E-state index in [2.05, 4.69) is 0 Å². The molecule has 4 heteroatoms. The molecule has 0 aromatic heterocycles. The molecule has 1 aliphatic carbocycles. The number of carboxylic acids is 1. The number of ether oxygens (including phenoxy) is 1. The second-order valence-corrected chi connectivity index (χ2v) is 3.88. The summed E-state index contributed by atoms with van der Waals surface area (Å²) in [6.07, 6.45) is 0.278. The molecule has 1 aromatic carbocycles. The van der Waals surface area contributed by atoms with Gasteiger partial charge in [0.25, 0.3) is 0 Å². The smallest absolute Gasteiger partial charge is 0.303 e. The lowest BCUT2D eigenvalue weighted by atomic mass is 9.98. The molecule has 0 aliphatic heterocycles. The van der Waals surface area contributed by atoms with Crippen molar-refractivity contribution in [3.8, 4) is 5.75 Å². The van der Waals surface area contributed by atoms with Gasteiger partial charge in [0, 0.05) is 17.9 Å². The molecule has 0 heterocycles. The third kappa shape index (κ3) is 1.78. The van der Waals surface area contributed by atoms with E-state index in [0.717, 1.165) is 5.56 Å². The number of hydrogen-bond acceptors (Lipinski definition) is 3. The molecule has 0 saturated heterocycles. The van der Waals surface area contributed by atoms with Crippen molar-refractivity contribution in [3.63, 3.8) is 0 Å². The summed E-state index contributed by atoms with van der Waals surface area (Å²) < 4.78 is 5.07. The number of hydrogen-bond donors (Lipinski definition) is 1. The van der Waals surface area contributed by atoms with Crippen LogP contribution < -0.4 is 4.74 Å². The van der Waals surface area contributed by atoms with Crippen molar-refractivity contribution in [2.24, 2.45) is 0 Å². The highest BCUT2D eigenvalue weighted by atomic mass is 16.5. The topological polar surface area (TPSA) is 63.6 Å². The summed E-state index contributed by atoms with van der Waals surface area (Å²) in [4.78, 5) is 22.3. The quantitative estimate of drug-likeness (QED) is 0.844. The zero-order chi connectivity index (χ0) is 11.7. The van der Waals surface area contributed by atoms with Crippen molar-refractivity contribution < 1.29 is 19.4 Å². The van der Waals surface area contributed by atoms with Gasteiger partial charge in [-0.1, -0.05) is 0 Å². The average Bonchev–Trinajstić information content (AvgIpc) is 2.54. The molecule has 0 spiro atoms. The Kier molecular flexibility index (Phi) is 2.64. The second-order valence-electron chi connectivity index (χ2n) is 3.88. The summed E-state index contributed by atoms with van der Waals surface area (Å²) >= 11 is 0. The van der Waals surface area contributed by atoms with E-state index in [9.17, 15) is 9.59 Å². The first-order valence-corrected chi connectivity index (χ1v) is 5.04. The van der Waals surface area contributed by atoms with Crippen LogP contribution in [0.4, 0.5) is 0 Å². The zero-order valence-electron chi connectivity index (χ0n) is 8.90. The Bertz CT molecular complexity index is 448. The fraction of sp³-hybridized carbons (Fsp3) is 0.333. The van der Waals surface area contributed by atoms with E-state index in [1.807, 2.05) is 0 Å². The Morgan fingerprint density at radius 1 is 1.56 bits per heavy atom. The van der Waals surface area contributed by atoms with E-state index in [4.69, 9.17) is 9.84 Å². The highest BCUT2D eigenvalue weighted by molar-refractivity contribution is 6.02. The lowest BCUT2D eigenvalue weighted by molar-refractivity contribution is -0.137. The third-order valence-corrected chi connectivity index (χ3v) is 2.85. The maximum atomic E-state index is 11.6. The lowest BCUT2D eigenvalue weighted by Crippen LogP contribution is -2.03. The predicted octanol–water partition coefficient (Wildman–Crippen LogP) is 1.84. The van der Waals surface area contributed by atoms with Gasteiger partial charge >= 0.3 is 5.97 Å². The van der Waals surface area contributed by atoms with Crippen molar-refractivity contribution in [2.75, 3.05) is 7.11 Å². The normalized spacial score (nSPS) is 18.3. The van der Waals surface area contributed by atoms with Gasteiger partial charge in [0.2, 0.25) is 0 Å². The minimum absolute atomic E-state index is 0.00803. The van der Waals surface area contributed by atoms with Gasteiger partial charge < -0.3 is 9.84 Å². The van der Waals surface area contributed by atoms with Crippen LogP contribution >= 0.6 is 0 Å². The third-order valence-electron chi connectivity index (χ3n) is 2.85. The van der Waals surface area contributed by atoms with E-state index in [0.29, 0.717) is 11.3 Å². The van der Waals surface area contributed by atoms with Gasteiger partial charge in [-0.25, -0.2) is 0 Å². The molecule has 1 N–H and O–H groups in total. The fourth-order valence-corrected chi connectivity index (χ4v) is 2.10. The molecule has 0 fully saturated rings. The van der Waals surface area contributed by atoms with Crippen LogP contribution in [0.15, 0.2) is 18.2 Å². The summed E-state index contributed by atoms with van der Waals surface area (Å²) in [5.74, 6) is -0.420. The Balaban J connectivity index is 2.38. The van der Waals surface area contributed by atoms with E-state index < -0.39 is 5.97 Å². The van der Waals surface area contributed by atoms with E-state index in [1.54, 1.807) is 25.3 Å². The molecule has 0 saturated carbocycles. The molecule has 4 nitrogen and oxygen atoms in total. The van der Waals surface area contributed by atoms with Gasteiger partial charge in [-0.3, -0.25) is 9.59 Å². The summed E-state index contributed by atoms with van der Waals surface area (Å²) in [7, 11) is 1.55. The van der Waals surface area contributed by atoms with Gasteiger partial charge in [-0.2, -0.15) is 0 Å². The monoisotopic (exact) mass is 220 g/mol. The van der Waals surface area contributed by atoms with Crippen LogP contribution in [-0.2, 0) is 4.79 Å². The largest absolute Gasteiger partial charge is 0.497 e. The van der Waals surface area contributed by atoms with Crippen LogP contribution in [-0.4, -0.2) is 24.0 Å². The fourth-order valence-electron chi connectivity index (χ4n) is 2.10. The Hall–Kier alpha value is -1.84. The molecule has 84 valence electrons.